The van der Waals surface area contributed by atoms with Gasteiger partial charge in [0.05, 0.1) is 22.5 Å². The van der Waals surface area contributed by atoms with Gasteiger partial charge in [0, 0.05) is 36.0 Å². The molecule has 0 unspecified atom stereocenters. The summed E-state index contributed by atoms with van der Waals surface area (Å²) >= 11 is 6.24. The molecule has 0 fully saturated rings. The predicted octanol–water partition coefficient (Wildman–Crippen LogP) is 4.74. The van der Waals surface area contributed by atoms with Gasteiger partial charge in [-0.15, -0.1) is 0 Å². The number of hydrogen-bond acceptors (Lipinski definition) is 4. The van der Waals surface area contributed by atoms with E-state index in [1.165, 1.54) is 6.07 Å². The number of imidazole rings is 1. The molecule has 3 heterocycles. The van der Waals surface area contributed by atoms with E-state index in [2.05, 4.69) is 34.0 Å². The Kier molecular flexibility index (Phi) is 4.88. The number of hydrogen-bond donors (Lipinski definition) is 2. The average Bonchev–Trinajstić information content (AvgIpc) is 3.21. The number of aromatic amines is 1. The Morgan fingerprint density at radius 3 is 2.55 bits per heavy atom. The van der Waals surface area contributed by atoms with Crippen molar-refractivity contribution in [2.75, 3.05) is 0 Å². The second-order valence-electron chi connectivity index (χ2n) is 7.43. The Labute approximate surface area is 172 Å². The molecular weight excluding hydrogens is 393 g/mol. The molecule has 4 rings (SSSR count). The number of aromatic nitrogens is 5. The number of H-pyrrole nitrogens is 1. The maximum Gasteiger partial charge on any atom is 0.160 e. The van der Waals surface area contributed by atoms with Crippen LogP contribution < -0.4 is 0 Å². The van der Waals surface area contributed by atoms with Crippen molar-refractivity contribution in [3.63, 3.8) is 0 Å². The molecule has 0 aliphatic rings. The zero-order valence-electron chi connectivity index (χ0n) is 16.6. The number of aryl methyl sites for hydroxylation is 2. The van der Waals surface area contributed by atoms with Crippen molar-refractivity contribution in [1.82, 2.24) is 24.7 Å². The zero-order chi connectivity index (χ0) is 20.9. The van der Waals surface area contributed by atoms with Gasteiger partial charge in [0.25, 0.3) is 0 Å². The molecule has 29 heavy (non-hydrogen) atoms. The zero-order valence-corrected chi connectivity index (χ0v) is 17.3. The molecular formula is C21H21ClFN5O. The number of aliphatic hydroxyl groups is 1. The standard InChI is InChI=1S/C21H21ClFN5O/c1-10(2)12-6-17(20-11(3)26-27-21(20)22)24-16-7-15(23)14(5-13(12)16)18-8-28(4)19(9-29)25-18/h5-8,10,29H,9H2,1-4H3,(H,26,27). The maximum absolute atomic E-state index is 15.0. The normalized spacial score (nSPS) is 11.7. The van der Waals surface area contributed by atoms with Crippen molar-refractivity contribution < 1.29 is 9.50 Å². The molecule has 0 bridgehead atoms. The molecule has 0 amide bonds. The lowest BCUT2D eigenvalue weighted by Crippen LogP contribution is -1.98. The lowest BCUT2D eigenvalue weighted by atomic mass is 9.94. The predicted molar refractivity (Wildman–Crippen MR) is 111 cm³/mol. The van der Waals surface area contributed by atoms with Gasteiger partial charge in [-0.2, -0.15) is 5.10 Å². The molecule has 0 spiro atoms. The molecule has 8 heteroatoms. The Morgan fingerprint density at radius 1 is 1.21 bits per heavy atom. The summed E-state index contributed by atoms with van der Waals surface area (Å²) in [5.74, 6) is 0.233. The van der Waals surface area contributed by atoms with E-state index in [1.54, 1.807) is 23.9 Å². The van der Waals surface area contributed by atoms with Crippen LogP contribution in [-0.2, 0) is 13.7 Å². The van der Waals surface area contributed by atoms with Crippen LogP contribution in [0.3, 0.4) is 0 Å². The minimum atomic E-state index is -0.422. The third kappa shape index (κ3) is 3.30. The maximum atomic E-state index is 15.0. The molecule has 1 aromatic carbocycles. The third-order valence-electron chi connectivity index (χ3n) is 5.10. The van der Waals surface area contributed by atoms with E-state index >= 15 is 4.39 Å². The van der Waals surface area contributed by atoms with Crippen LogP contribution in [0.1, 0.15) is 36.8 Å². The van der Waals surface area contributed by atoms with Crippen LogP contribution in [0.15, 0.2) is 24.4 Å². The first-order chi connectivity index (χ1) is 13.8. The summed E-state index contributed by atoms with van der Waals surface area (Å²) in [6, 6.07) is 5.19. The van der Waals surface area contributed by atoms with E-state index in [0.717, 1.165) is 22.2 Å². The molecule has 2 N–H and O–H groups in total. The van der Waals surface area contributed by atoms with Gasteiger partial charge in [-0.25, -0.2) is 14.4 Å². The molecule has 3 aromatic heterocycles. The minimum Gasteiger partial charge on any atom is -0.388 e. The Morgan fingerprint density at radius 2 is 1.97 bits per heavy atom. The van der Waals surface area contributed by atoms with Crippen LogP contribution >= 0.6 is 11.6 Å². The molecule has 0 saturated heterocycles. The van der Waals surface area contributed by atoms with Gasteiger partial charge >= 0.3 is 0 Å². The summed E-state index contributed by atoms with van der Waals surface area (Å²) < 4.78 is 16.7. The third-order valence-corrected chi connectivity index (χ3v) is 5.37. The molecule has 0 atom stereocenters. The highest BCUT2D eigenvalue weighted by molar-refractivity contribution is 6.32. The van der Waals surface area contributed by atoms with Crippen LogP contribution in [0.2, 0.25) is 5.15 Å². The number of benzene rings is 1. The van der Waals surface area contributed by atoms with Gasteiger partial charge in [-0.3, -0.25) is 5.10 Å². The van der Waals surface area contributed by atoms with Gasteiger partial charge in [0.1, 0.15) is 18.2 Å². The van der Waals surface area contributed by atoms with Crippen molar-refractivity contribution in [1.29, 1.82) is 0 Å². The Bertz CT molecular complexity index is 1210. The average molecular weight is 414 g/mol. The van der Waals surface area contributed by atoms with Crippen molar-refractivity contribution in [3.8, 4) is 22.5 Å². The molecule has 0 radical (unpaired) electrons. The van der Waals surface area contributed by atoms with E-state index in [1.807, 2.05) is 13.0 Å². The monoisotopic (exact) mass is 413 g/mol. The summed E-state index contributed by atoms with van der Waals surface area (Å²) in [4.78, 5) is 9.01. The van der Waals surface area contributed by atoms with Crippen LogP contribution in [0.4, 0.5) is 4.39 Å². The van der Waals surface area contributed by atoms with Crippen molar-refractivity contribution >= 4 is 22.5 Å². The number of nitrogens with zero attached hydrogens (tertiary/aromatic N) is 4. The molecule has 150 valence electrons. The number of aliphatic hydroxyl groups excluding tert-OH is 1. The SMILES string of the molecule is Cc1[nH]nc(Cl)c1-c1cc(C(C)C)c2cc(-c3cn(C)c(CO)n3)c(F)cc2n1. The first-order valence-corrected chi connectivity index (χ1v) is 9.66. The molecule has 4 aromatic rings. The number of nitrogens with one attached hydrogen (secondary N) is 1. The fourth-order valence-electron chi connectivity index (χ4n) is 3.55. The fraction of sp³-hybridized carbons (Fsp3) is 0.286. The van der Waals surface area contributed by atoms with E-state index in [9.17, 15) is 5.11 Å². The highest BCUT2D eigenvalue weighted by Gasteiger charge is 2.19. The number of halogens is 2. The van der Waals surface area contributed by atoms with E-state index in [-0.39, 0.29) is 12.5 Å². The summed E-state index contributed by atoms with van der Waals surface area (Å²) in [6.45, 7) is 5.82. The highest BCUT2D eigenvalue weighted by atomic mass is 35.5. The van der Waals surface area contributed by atoms with Crippen molar-refractivity contribution in [2.45, 2.75) is 33.3 Å². The summed E-state index contributed by atoms with van der Waals surface area (Å²) in [5, 5.41) is 17.5. The van der Waals surface area contributed by atoms with Crippen molar-refractivity contribution in [2.24, 2.45) is 7.05 Å². The quantitative estimate of drug-likeness (QED) is 0.506. The summed E-state index contributed by atoms with van der Waals surface area (Å²) in [6.07, 6.45) is 1.71. The summed E-state index contributed by atoms with van der Waals surface area (Å²) in [7, 11) is 1.77. The van der Waals surface area contributed by atoms with Crippen molar-refractivity contribution in [3.05, 3.63) is 52.4 Å². The van der Waals surface area contributed by atoms with E-state index in [0.29, 0.717) is 33.4 Å². The number of pyridine rings is 1. The van der Waals surface area contributed by atoms with Gasteiger partial charge in [-0.1, -0.05) is 25.4 Å². The topological polar surface area (TPSA) is 79.6 Å². The lowest BCUT2D eigenvalue weighted by molar-refractivity contribution is 0.267. The first kappa shape index (κ1) is 19.5. The van der Waals surface area contributed by atoms with Gasteiger partial charge < -0.3 is 9.67 Å². The van der Waals surface area contributed by atoms with Crippen LogP contribution in [-0.4, -0.2) is 29.8 Å². The van der Waals surface area contributed by atoms with Gasteiger partial charge in [0.2, 0.25) is 0 Å². The van der Waals surface area contributed by atoms with Crippen LogP contribution in [0, 0.1) is 12.7 Å². The first-order valence-electron chi connectivity index (χ1n) is 9.28. The lowest BCUT2D eigenvalue weighted by Gasteiger charge is -2.14. The van der Waals surface area contributed by atoms with Crippen LogP contribution in [0.5, 0.6) is 0 Å². The Hall–Kier alpha value is -2.77. The summed E-state index contributed by atoms with van der Waals surface area (Å²) in [5.41, 5.74) is 4.61. The second kappa shape index (κ2) is 7.24. The van der Waals surface area contributed by atoms with Gasteiger partial charge in [0.15, 0.2) is 5.15 Å². The van der Waals surface area contributed by atoms with E-state index < -0.39 is 5.82 Å². The smallest absolute Gasteiger partial charge is 0.160 e. The highest BCUT2D eigenvalue weighted by Crippen LogP contribution is 2.36. The molecule has 6 nitrogen and oxygen atoms in total. The molecule has 0 aliphatic heterocycles. The van der Waals surface area contributed by atoms with Gasteiger partial charge in [-0.05, 0) is 30.5 Å². The van der Waals surface area contributed by atoms with Crippen LogP contribution in [0.25, 0.3) is 33.4 Å². The minimum absolute atomic E-state index is 0.181. The second-order valence-corrected chi connectivity index (χ2v) is 7.78. The van der Waals surface area contributed by atoms with E-state index in [4.69, 9.17) is 11.6 Å². The molecule has 0 saturated carbocycles. The number of rotatable bonds is 4. The Balaban J connectivity index is 1.97. The fourth-order valence-corrected chi connectivity index (χ4v) is 3.84. The molecule has 0 aliphatic carbocycles. The number of fused-ring (bicyclic) bond motifs is 1. The largest absolute Gasteiger partial charge is 0.388 e.